The third kappa shape index (κ3) is 3.72. The summed E-state index contributed by atoms with van der Waals surface area (Å²) < 4.78 is 0. The summed E-state index contributed by atoms with van der Waals surface area (Å²) in [7, 11) is -1.39. The molecule has 2 rings (SSSR count). The number of halogens is 1. The molecule has 17 heavy (non-hydrogen) atoms. The normalized spacial score (nSPS) is 19.4. The SMILES string of the molecule is C[Si](C)(Cl)CCCC1=C(C2=CCC=C2)CC=C1. The summed E-state index contributed by atoms with van der Waals surface area (Å²) in [4.78, 5) is 0. The lowest BCUT2D eigenvalue weighted by atomic mass is 10.00. The molecule has 0 aromatic carbocycles. The maximum Gasteiger partial charge on any atom is 0.150 e. The van der Waals surface area contributed by atoms with Gasteiger partial charge in [-0.15, -0.1) is 0 Å². The summed E-state index contributed by atoms with van der Waals surface area (Å²) in [5.74, 6) is 0. The van der Waals surface area contributed by atoms with Crippen molar-refractivity contribution in [2.75, 3.05) is 0 Å². The van der Waals surface area contributed by atoms with Crippen LogP contribution in [0.1, 0.15) is 25.7 Å². The zero-order valence-corrected chi connectivity index (χ0v) is 12.6. The molecular weight excluding hydrogens is 244 g/mol. The highest BCUT2D eigenvalue weighted by atomic mass is 35.6. The molecule has 0 saturated carbocycles. The lowest BCUT2D eigenvalue weighted by molar-refractivity contribution is 0.905. The molecule has 0 aromatic heterocycles. The van der Waals surface area contributed by atoms with Crippen molar-refractivity contribution in [2.24, 2.45) is 0 Å². The fourth-order valence-corrected chi connectivity index (χ4v) is 3.89. The lowest BCUT2D eigenvalue weighted by Crippen LogP contribution is -2.15. The summed E-state index contributed by atoms with van der Waals surface area (Å²) in [6.45, 7) is 4.47. The quantitative estimate of drug-likeness (QED) is 0.464. The Morgan fingerprint density at radius 2 is 2.06 bits per heavy atom. The standard InChI is InChI=1S/C15H21ClSi/c1-17(2,16)12-6-10-14-9-5-11-15(14)13-7-3-4-8-13/h3,5,7-9H,4,6,10-12H2,1-2H3. The highest BCUT2D eigenvalue weighted by molar-refractivity contribution is 7.19. The minimum Gasteiger partial charge on any atom is -0.168 e. The third-order valence-electron chi connectivity index (χ3n) is 3.37. The van der Waals surface area contributed by atoms with Gasteiger partial charge in [-0.3, -0.25) is 0 Å². The van der Waals surface area contributed by atoms with Gasteiger partial charge in [0.15, 0.2) is 7.38 Å². The van der Waals surface area contributed by atoms with Gasteiger partial charge >= 0.3 is 0 Å². The molecule has 0 radical (unpaired) electrons. The topological polar surface area (TPSA) is 0 Å². The van der Waals surface area contributed by atoms with E-state index in [0.29, 0.717) is 0 Å². The van der Waals surface area contributed by atoms with Crippen molar-refractivity contribution < 1.29 is 0 Å². The van der Waals surface area contributed by atoms with E-state index in [4.69, 9.17) is 11.1 Å². The van der Waals surface area contributed by atoms with E-state index in [2.05, 4.69) is 43.5 Å². The van der Waals surface area contributed by atoms with Gasteiger partial charge in [-0.2, -0.15) is 11.1 Å². The molecule has 0 fully saturated rings. The second-order valence-electron chi connectivity index (χ2n) is 5.48. The summed E-state index contributed by atoms with van der Waals surface area (Å²) >= 11 is 6.36. The van der Waals surface area contributed by atoms with Crippen LogP contribution in [0.5, 0.6) is 0 Å². The third-order valence-corrected chi connectivity index (χ3v) is 5.48. The zero-order chi connectivity index (χ0) is 12.3. The van der Waals surface area contributed by atoms with Crippen molar-refractivity contribution in [1.29, 1.82) is 0 Å². The second kappa shape index (κ2) is 5.41. The van der Waals surface area contributed by atoms with Gasteiger partial charge in [-0.05, 0) is 42.0 Å². The smallest absolute Gasteiger partial charge is 0.150 e. The molecule has 0 aromatic rings. The summed E-state index contributed by atoms with van der Waals surface area (Å²) in [5.41, 5.74) is 4.54. The van der Waals surface area contributed by atoms with Gasteiger partial charge in [0.05, 0.1) is 0 Å². The van der Waals surface area contributed by atoms with Crippen LogP contribution in [0, 0.1) is 0 Å². The molecular formula is C15H21ClSi. The maximum absolute atomic E-state index is 6.36. The molecule has 0 saturated heterocycles. The molecule has 0 aliphatic heterocycles. The van der Waals surface area contributed by atoms with Crippen molar-refractivity contribution in [1.82, 2.24) is 0 Å². The number of hydrogen-bond acceptors (Lipinski definition) is 0. The van der Waals surface area contributed by atoms with Crippen molar-refractivity contribution in [3.05, 3.63) is 47.1 Å². The van der Waals surface area contributed by atoms with Crippen molar-refractivity contribution in [3.63, 3.8) is 0 Å². The predicted octanol–water partition coefficient (Wildman–Crippen LogP) is 5.35. The zero-order valence-electron chi connectivity index (χ0n) is 10.8. The van der Waals surface area contributed by atoms with E-state index >= 15 is 0 Å². The fraction of sp³-hybridized carbons (Fsp3) is 0.467. The van der Waals surface area contributed by atoms with E-state index in [1.165, 1.54) is 30.0 Å². The first-order valence-electron chi connectivity index (χ1n) is 6.51. The lowest BCUT2D eigenvalue weighted by Gasteiger charge is -2.13. The molecule has 0 atom stereocenters. The number of rotatable bonds is 5. The van der Waals surface area contributed by atoms with Gasteiger partial charge in [-0.25, -0.2) is 0 Å². The van der Waals surface area contributed by atoms with Crippen LogP contribution < -0.4 is 0 Å². The molecule has 0 heterocycles. The summed E-state index contributed by atoms with van der Waals surface area (Å²) in [6.07, 6.45) is 16.1. The molecule has 2 heteroatoms. The van der Waals surface area contributed by atoms with E-state index in [-0.39, 0.29) is 0 Å². The average molecular weight is 265 g/mol. The van der Waals surface area contributed by atoms with Crippen LogP contribution in [-0.4, -0.2) is 7.38 Å². The Kier molecular flexibility index (Phi) is 4.11. The average Bonchev–Trinajstić information content (AvgIpc) is 2.82. The molecule has 0 unspecified atom stereocenters. The molecule has 92 valence electrons. The first-order chi connectivity index (χ1) is 8.06. The minimum absolute atomic E-state index is 1.10. The van der Waals surface area contributed by atoms with Crippen LogP contribution in [0.4, 0.5) is 0 Å². The molecule has 0 amide bonds. The van der Waals surface area contributed by atoms with Crippen LogP contribution in [0.25, 0.3) is 0 Å². The van der Waals surface area contributed by atoms with Crippen molar-refractivity contribution >= 4 is 18.5 Å². The first-order valence-corrected chi connectivity index (χ1v) is 10.7. The fourth-order valence-electron chi connectivity index (χ4n) is 2.47. The second-order valence-corrected chi connectivity index (χ2v) is 12.5. The summed E-state index contributed by atoms with van der Waals surface area (Å²) in [5, 5.41) is 0. The van der Waals surface area contributed by atoms with Crippen LogP contribution in [0.15, 0.2) is 47.1 Å². The molecule has 0 bridgehead atoms. The molecule has 0 nitrogen and oxygen atoms in total. The molecule has 2 aliphatic rings. The Labute approximate surface area is 110 Å². The maximum atomic E-state index is 6.36. The van der Waals surface area contributed by atoms with Crippen LogP contribution >= 0.6 is 11.1 Å². The van der Waals surface area contributed by atoms with Gasteiger partial charge < -0.3 is 0 Å². The van der Waals surface area contributed by atoms with Crippen molar-refractivity contribution in [3.8, 4) is 0 Å². The van der Waals surface area contributed by atoms with Gasteiger partial charge in [0.2, 0.25) is 0 Å². The predicted molar refractivity (Wildman–Crippen MR) is 80.0 cm³/mol. The van der Waals surface area contributed by atoms with E-state index in [1.54, 1.807) is 5.57 Å². The number of allylic oxidation sites excluding steroid dienone is 8. The van der Waals surface area contributed by atoms with Gasteiger partial charge in [0.25, 0.3) is 0 Å². The Bertz CT molecular complexity index is 405. The molecule has 0 spiro atoms. The van der Waals surface area contributed by atoms with E-state index in [9.17, 15) is 0 Å². The Balaban J connectivity index is 1.96. The van der Waals surface area contributed by atoms with Gasteiger partial charge in [0.1, 0.15) is 0 Å². The molecule has 2 aliphatic carbocycles. The monoisotopic (exact) mass is 264 g/mol. The van der Waals surface area contributed by atoms with E-state index < -0.39 is 7.38 Å². The first kappa shape index (κ1) is 12.9. The highest BCUT2D eigenvalue weighted by Gasteiger charge is 2.18. The largest absolute Gasteiger partial charge is 0.168 e. The minimum atomic E-state index is -1.39. The Morgan fingerprint density at radius 3 is 2.71 bits per heavy atom. The van der Waals surface area contributed by atoms with E-state index in [1.807, 2.05) is 0 Å². The van der Waals surface area contributed by atoms with E-state index in [0.717, 1.165) is 12.8 Å². The van der Waals surface area contributed by atoms with Crippen LogP contribution in [0.3, 0.4) is 0 Å². The van der Waals surface area contributed by atoms with Crippen molar-refractivity contribution in [2.45, 2.75) is 44.8 Å². The Morgan fingerprint density at radius 1 is 1.24 bits per heavy atom. The molecule has 0 N–H and O–H groups in total. The number of hydrogen-bond donors (Lipinski definition) is 0. The Hall–Kier alpha value is -0.533. The van der Waals surface area contributed by atoms with Gasteiger partial charge in [0, 0.05) is 0 Å². The summed E-state index contributed by atoms with van der Waals surface area (Å²) in [6, 6.07) is 1.22. The van der Waals surface area contributed by atoms with Crippen LogP contribution in [-0.2, 0) is 0 Å². The van der Waals surface area contributed by atoms with Crippen LogP contribution in [0.2, 0.25) is 19.1 Å². The van der Waals surface area contributed by atoms with Gasteiger partial charge in [-0.1, -0.05) is 49.9 Å². The highest BCUT2D eigenvalue weighted by Crippen LogP contribution is 2.32.